The molecule has 1 atom stereocenters. The smallest absolute Gasteiger partial charge is 0.0644 e. The molecule has 4 aromatic heterocycles. The first-order valence-electron chi connectivity index (χ1n) is 18.3. The van der Waals surface area contributed by atoms with Gasteiger partial charge >= 0.3 is 0 Å². The van der Waals surface area contributed by atoms with Crippen LogP contribution in [0.25, 0.3) is 27.2 Å². The van der Waals surface area contributed by atoms with E-state index in [-0.39, 0.29) is 0 Å². The van der Waals surface area contributed by atoms with E-state index < -0.39 is 0 Å². The first-order chi connectivity index (χ1) is 27.3. The van der Waals surface area contributed by atoms with Gasteiger partial charge in [0.15, 0.2) is 0 Å². The molecule has 9 rings (SSSR count). The van der Waals surface area contributed by atoms with Crippen molar-refractivity contribution in [2.75, 3.05) is 9.80 Å². The second-order valence-electron chi connectivity index (χ2n) is 13.2. The van der Waals surface area contributed by atoms with Crippen LogP contribution in [0.3, 0.4) is 0 Å². The Hall–Kier alpha value is -6.83. The minimum atomic E-state index is 0.348. The van der Waals surface area contributed by atoms with Gasteiger partial charge in [-0.15, -0.1) is 11.8 Å². The maximum atomic E-state index is 4.43. The van der Waals surface area contributed by atoms with Crippen LogP contribution in [0, 0.1) is 0 Å². The van der Waals surface area contributed by atoms with E-state index in [2.05, 4.69) is 145 Å². The highest BCUT2D eigenvalue weighted by molar-refractivity contribution is 8.08. The van der Waals surface area contributed by atoms with Crippen LogP contribution >= 0.6 is 11.8 Å². The highest BCUT2D eigenvalue weighted by Gasteiger charge is 2.22. The molecular formula is C48H36N6S. The van der Waals surface area contributed by atoms with Crippen molar-refractivity contribution in [2.24, 2.45) is 0 Å². The number of aromatic nitrogens is 4. The molecule has 1 aliphatic heterocycles. The van der Waals surface area contributed by atoms with Gasteiger partial charge in [-0.1, -0.05) is 54.6 Å². The number of pyridine rings is 4. The Labute approximate surface area is 325 Å². The highest BCUT2D eigenvalue weighted by atomic mass is 32.2. The van der Waals surface area contributed by atoms with Crippen LogP contribution in [-0.4, -0.2) is 19.9 Å². The third-order valence-electron chi connectivity index (χ3n) is 9.81. The van der Waals surface area contributed by atoms with Gasteiger partial charge in [-0.05, 0) is 137 Å². The van der Waals surface area contributed by atoms with Gasteiger partial charge < -0.3 is 9.80 Å². The fourth-order valence-corrected chi connectivity index (χ4v) is 8.28. The molecule has 0 amide bonds. The van der Waals surface area contributed by atoms with Crippen molar-refractivity contribution in [2.45, 2.75) is 11.7 Å². The van der Waals surface area contributed by atoms with Crippen LogP contribution < -0.4 is 9.80 Å². The molecule has 4 aromatic carbocycles. The molecule has 55 heavy (non-hydrogen) atoms. The van der Waals surface area contributed by atoms with Crippen LogP contribution in [0.5, 0.6) is 0 Å². The largest absolute Gasteiger partial charge is 0.309 e. The molecule has 0 bridgehead atoms. The summed E-state index contributed by atoms with van der Waals surface area (Å²) in [4.78, 5) is 23.0. The maximum absolute atomic E-state index is 4.43. The molecule has 0 N–H and O–H groups in total. The molecule has 0 saturated heterocycles. The first kappa shape index (κ1) is 34.0. The second kappa shape index (κ2) is 15.6. The summed E-state index contributed by atoms with van der Waals surface area (Å²) in [5, 5.41) is 0.348. The molecule has 0 fully saturated rings. The summed E-state index contributed by atoms with van der Waals surface area (Å²) in [6.45, 7) is 0. The van der Waals surface area contributed by atoms with E-state index in [9.17, 15) is 0 Å². The van der Waals surface area contributed by atoms with E-state index in [1.807, 2.05) is 97.7 Å². The topological polar surface area (TPSA) is 58.0 Å². The standard InChI is InChI=1S/C48H36N6S/c1-3-45(33-51-27-1)53(41-13-5-35(6-14-41)37-23-29-49-30-24-37)43-17-9-39(10-18-43)47-21-22-48(55-47)40-11-19-44(20-12-40)54(46-4-2-28-52-34-46)42-15-7-36(8-16-42)38-25-31-50-32-26-38/h1-21,23-34,48H,22H2. The summed E-state index contributed by atoms with van der Waals surface area (Å²) in [6, 6.07) is 51.5. The Bertz CT molecular complexity index is 2500. The van der Waals surface area contributed by atoms with Crippen LogP contribution in [-0.2, 0) is 0 Å². The Balaban J connectivity index is 0.920. The molecule has 5 heterocycles. The van der Waals surface area contributed by atoms with Gasteiger partial charge in [0, 0.05) is 70.1 Å². The van der Waals surface area contributed by atoms with E-state index in [0.29, 0.717) is 5.25 Å². The first-order valence-corrected chi connectivity index (χ1v) is 19.1. The van der Waals surface area contributed by atoms with Gasteiger partial charge in [-0.2, -0.15) is 0 Å². The average Bonchev–Trinajstić information content (AvgIpc) is 3.77. The van der Waals surface area contributed by atoms with Gasteiger partial charge in [0.2, 0.25) is 0 Å². The van der Waals surface area contributed by atoms with E-state index >= 15 is 0 Å². The van der Waals surface area contributed by atoms with Crippen LogP contribution in [0.2, 0.25) is 0 Å². The van der Waals surface area contributed by atoms with Crippen molar-refractivity contribution in [1.82, 2.24) is 19.9 Å². The molecule has 1 unspecified atom stereocenters. The second-order valence-corrected chi connectivity index (χ2v) is 14.5. The lowest BCUT2D eigenvalue weighted by molar-refractivity contribution is 0.990. The number of anilines is 6. The van der Waals surface area contributed by atoms with E-state index in [1.165, 1.54) is 16.0 Å². The van der Waals surface area contributed by atoms with E-state index in [1.54, 1.807) is 0 Å². The molecule has 264 valence electrons. The van der Waals surface area contributed by atoms with E-state index in [4.69, 9.17) is 0 Å². The molecule has 0 saturated carbocycles. The van der Waals surface area contributed by atoms with Crippen molar-refractivity contribution >= 4 is 50.8 Å². The predicted molar refractivity (Wildman–Crippen MR) is 227 cm³/mol. The maximum Gasteiger partial charge on any atom is 0.0644 e. The van der Waals surface area contributed by atoms with Gasteiger partial charge in [-0.3, -0.25) is 19.9 Å². The van der Waals surface area contributed by atoms with Crippen molar-refractivity contribution in [1.29, 1.82) is 0 Å². The molecule has 0 spiro atoms. The molecule has 7 heteroatoms. The van der Waals surface area contributed by atoms with Gasteiger partial charge in [0.25, 0.3) is 0 Å². The molecule has 6 nitrogen and oxygen atoms in total. The number of thioether (sulfide) groups is 1. The van der Waals surface area contributed by atoms with Crippen LogP contribution in [0.1, 0.15) is 22.8 Å². The third kappa shape index (κ3) is 7.38. The van der Waals surface area contributed by atoms with Crippen molar-refractivity contribution < 1.29 is 0 Å². The van der Waals surface area contributed by atoms with Crippen molar-refractivity contribution in [3.05, 3.63) is 212 Å². The zero-order valence-corrected chi connectivity index (χ0v) is 30.7. The lowest BCUT2D eigenvalue weighted by Crippen LogP contribution is -2.10. The quantitative estimate of drug-likeness (QED) is 0.139. The average molecular weight is 729 g/mol. The Kier molecular flexibility index (Phi) is 9.66. The number of allylic oxidation sites excluding steroid dienone is 1. The normalized spacial score (nSPS) is 13.6. The highest BCUT2D eigenvalue weighted by Crippen LogP contribution is 2.49. The van der Waals surface area contributed by atoms with Gasteiger partial charge in [-0.25, -0.2) is 0 Å². The number of nitrogens with zero attached hydrogens (tertiary/aromatic N) is 6. The predicted octanol–water partition coefficient (Wildman–Crippen LogP) is 12.8. The number of hydrogen-bond acceptors (Lipinski definition) is 7. The summed E-state index contributed by atoms with van der Waals surface area (Å²) < 4.78 is 0. The van der Waals surface area contributed by atoms with Crippen molar-refractivity contribution in [3.63, 3.8) is 0 Å². The molecular weight excluding hydrogens is 693 g/mol. The third-order valence-corrected chi connectivity index (χ3v) is 11.2. The van der Waals surface area contributed by atoms with Crippen LogP contribution in [0.4, 0.5) is 34.1 Å². The number of hydrogen-bond donors (Lipinski definition) is 0. The van der Waals surface area contributed by atoms with Gasteiger partial charge in [0.1, 0.15) is 0 Å². The Morgan fingerprint density at radius 1 is 0.382 bits per heavy atom. The zero-order chi connectivity index (χ0) is 36.8. The van der Waals surface area contributed by atoms with Gasteiger partial charge in [0.05, 0.1) is 23.8 Å². The molecule has 8 aromatic rings. The van der Waals surface area contributed by atoms with Crippen molar-refractivity contribution in [3.8, 4) is 22.3 Å². The summed E-state index contributed by atoms with van der Waals surface area (Å²) in [7, 11) is 0. The minimum absolute atomic E-state index is 0.348. The lowest BCUT2D eigenvalue weighted by atomic mass is 10.1. The summed E-state index contributed by atoms with van der Waals surface area (Å²) in [6.07, 6.45) is 18.1. The summed E-state index contributed by atoms with van der Waals surface area (Å²) >= 11 is 1.93. The Morgan fingerprint density at radius 3 is 1.20 bits per heavy atom. The fraction of sp³-hybridized carbons (Fsp3) is 0.0417. The summed E-state index contributed by atoms with van der Waals surface area (Å²) in [5.74, 6) is 0. The van der Waals surface area contributed by atoms with E-state index in [0.717, 1.165) is 62.8 Å². The Morgan fingerprint density at radius 2 is 0.782 bits per heavy atom. The fourth-order valence-electron chi connectivity index (χ4n) is 7.03. The number of benzene rings is 4. The monoisotopic (exact) mass is 728 g/mol. The number of rotatable bonds is 10. The van der Waals surface area contributed by atoms with Crippen LogP contribution in [0.15, 0.2) is 201 Å². The molecule has 0 radical (unpaired) electrons. The lowest BCUT2D eigenvalue weighted by Gasteiger charge is -2.26. The summed E-state index contributed by atoms with van der Waals surface area (Å²) in [5.41, 5.74) is 13.5. The minimum Gasteiger partial charge on any atom is -0.309 e. The molecule has 0 aliphatic carbocycles. The molecule has 1 aliphatic rings. The zero-order valence-electron chi connectivity index (χ0n) is 29.9. The SMILES string of the molecule is C1=C(c2ccc(N(c3ccc(-c4ccncc4)cc3)c3cccnc3)cc2)SC(c2ccc(N(c3ccc(-c4ccncc4)cc3)c3cccnc3)cc2)C1.